The summed E-state index contributed by atoms with van der Waals surface area (Å²) in [5, 5.41) is 4.70. The summed E-state index contributed by atoms with van der Waals surface area (Å²) in [6, 6.07) is 10.9. The second-order valence-corrected chi connectivity index (χ2v) is 8.69. The number of thiazole rings is 1. The van der Waals surface area contributed by atoms with Gasteiger partial charge in [-0.2, -0.15) is 0 Å². The summed E-state index contributed by atoms with van der Waals surface area (Å²) < 4.78 is 0. The highest BCUT2D eigenvalue weighted by molar-refractivity contribution is 7.13. The molecule has 2 aliphatic rings. The van der Waals surface area contributed by atoms with Crippen LogP contribution in [0.4, 0.5) is 0 Å². The number of hydrogen-bond donors (Lipinski definition) is 1. The summed E-state index contributed by atoms with van der Waals surface area (Å²) in [6.07, 6.45) is 5.70. The van der Waals surface area contributed by atoms with E-state index in [1.807, 2.05) is 30.0 Å². The number of nitrogens with zero attached hydrogens (tertiary/aromatic N) is 2. The Hall–Kier alpha value is -1.72. The fourth-order valence-corrected chi connectivity index (χ4v) is 4.65. The van der Waals surface area contributed by atoms with Crippen LogP contribution in [0.15, 0.2) is 30.3 Å². The number of benzene rings is 1. The quantitative estimate of drug-likeness (QED) is 0.845. The van der Waals surface area contributed by atoms with E-state index in [4.69, 9.17) is 0 Å². The van der Waals surface area contributed by atoms with Crippen LogP contribution < -0.4 is 5.32 Å². The first-order valence-electron chi connectivity index (χ1n) is 9.72. The van der Waals surface area contributed by atoms with Crippen LogP contribution in [0.5, 0.6) is 0 Å². The molecule has 0 radical (unpaired) electrons. The van der Waals surface area contributed by atoms with Crippen LogP contribution in [-0.4, -0.2) is 41.5 Å². The summed E-state index contributed by atoms with van der Waals surface area (Å²) in [5.41, 5.74) is 2.11. The molecular weight excluding hydrogens is 342 g/mol. The molecule has 1 saturated carbocycles. The van der Waals surface area contributed by atoms with Crippen LogP contribution in [0.1, 0.15) is 51.6 Å². The summed E-state index contributed by atoms with van der Waals surface area (Å²) in [7, 11) is 0. The lowest BCUT2D eigenvalue weighted by Crippen LogP contribution is -2.45. The number of carbonyl (C=O) groups excluding carboxylic acids is 1. The van der Waals surface area contributed by atoms with Crippen LogP contribution in [0, 0.1) is 12.8 Å². The molecule has 0 spiro atoms. The average molecular weight is 370 g/mol. The van der Waals surface area contributed by atoms with E-state index >= 15 is 0 Å². The van der Waals surface area contributed by atoms with Crippen LogP contribution in [0.3, 0.4) is 0 Å². The van der Waals surface area contributed by atoms with Crippen molar-refractivity contribution in [1.29, 1.82) is 0 Å². The molecular formula is C21H27N3OS. The third kappa shape index (κ3) is 4.33. The highest BCUT2D eigenvalue weighted by Crippen LogP contribution is 2.28. The predicted molar refractivity (Wildman–Crippen MR) is 106 cm³/mol. The zero-order chi connectivity index (χ0) is 17.9. The standard InChI is InChI=1S/C21H27N3OS/c1-15-20(26-19(23-15)13-16-5-3-2-4-6-16)21(25)24-11-9-18(10-12-24)22-14-17-7-8-17/h2-6,17-18,22H,7-14H2,1H3. The van der Waals surface area contributed by atoms with Gasteiger partial charge < -0.3 is 10.2 Å². The first-order chi connectivity index (χ1) is 12.7. The average Bonchev–Trinajstić information content (AvgIpc) is 3.43. The smallest absolute Gasteiger partial charge is 0.265 e. The molecule has 1 amide bonds. The van der Waals surface area contributed by atoms with Gasteiger partial charge in [0, 0.05) is 25.6 Å². The minimum absolute atomic E-state index is 0.167. The van der Waals surface area contributed by atoms with E-state index < -0.39 is 0 Å². The van der Waals surface area contributed by atoms with E-state index in [1.54, 1.807) is 11.3 Å². The molecule has 1 aliphatic heterocycles. The molecule has 1 aliphatic carbocycles. The molecule has 2 fully saturated rings. The van der Waals surface area contributed by atoms with Crippen LogP contribution in [0.25, 0.3) is 0 Å². The lowest BCUT2D eigenvalue weighted by molar-refractivity contribution is 0.0709. The monoisotopic (exact) mass is 369 g/mol. The minimum atomic E-state index is 0.167. The number of aromatic nitrogens is 1. The lowest BCUT2D eigenvalue weighted by atomic mass is 10.0. The highest BCUT2D eigenvalue weighted by atomic mass is 32.1. The molecule has 2 aromatic rings. The van der Waals surface area contributed by atoms with E-state index in [1.165, 1.54) is 18.4 Å². The van der Waals surface area contributed by atoms with Crippen molar-refractivity contribution in [2.24, 2.45) is 5.92 Å². The first kappa shape index (κ1) is 17.7. The van der Waals surface area contributed by atoms with Crippen molar-refractivity contribution in [3.8, 4) is 0 Å². The Labute approximate surface area is 159 Å². The highest BCUT2D eigenvalue weighted by Gasteiger charge is 2.28. The van der Waals surface area contributed by atoms with Crippen LogP contribution >= 0.6 is 11.3 Å². The maximum atomic E-state index is 12.9. The molecule has 2 heterocycles. The molecule has 4 rings (SSSR count). The Bertz CT molecular complexity index is 746. The maximum Gasteiger partial charge on any atom is 0.265 e. The molecule has 5 heteroatoms. The molecule has 138 valence electrons. The molecule has 26 heavy (non-hydrogen) atoms. The van der Waals surface area contributed by atoms with Crippen molar-refractivity contribution in [3.63, 3.8) is 0 Å². The Morgan fingerprint density at radius 1 is 1.19 bits per heavy atom. The van der Waals surface area contributed by atoms with E-state index in [0.29, 0.717) is 6.04 Å². The molecule has 4 nitrogen and oxygen atoms in total. The van der Waals surface area contributed by atoms with Gasteiger partial charge in [-0.15, -0.1) is 11.3 Å². The second-order valence-electron chi connectivity index (χ2n) is 7.60. The summed E-state index contributed by atoms with van der Waals surface area (Å²) in [4.78, 5) is 20.4. The van der Waals surface area contributed by atoms with Gasteiger partial charge in [-0.3, -0.25) is 4.79 Å². The number of piperidine rings is 1. The number of carbonyl (C=O) groups is 1. The number of likely N-dealkylation sites (tertiary alicyclic amines) is 1. The normalized spacial score (nSPS) is 18.3. The van der Waals surface area contributed by atoms with Crippen molar-refractivity contribution in [2.75, 3.05) is 19.6 Å². The molecule has 0 bridgehead atoms. The molecule has 0 unspecified atom stereocenters. The number of nitrogens with one attached hydrogen (secondary N) is 1. The summed E-state index contributed by atoms with van der Waals surface area (Å²) >= 11 is 1.56. The van der Waals surface area contributed by atoms with Crippen molar-refractivity contribution in [1.82, 2.24) is 15.2 Å². The minimum Gasteiger partial charge on any atom is -0.338 e. The van der Waals surface area contributed by atoms with Crippen molar-refractivity contribution >= 4 is 17.2 Å². The van der Waals surface area contributed by atoms with Crippen LogP contribution in [0.2, 0.25) is 0 Å². The Morgan fingerprint density at radius 3 is 2.62 bits per heavy atom. The molecule has 0 atom stereocenters. The number of rotatable bonds is 6. The third-order valence-corrected chi connectivity index (χ3v) is 6.55. The second kappa shape index (κ2) is 7.89. The van der Waals surface area contributed by atoms with Gasteiger partial charge in [0.15, 0.2) is 0 Å². The van der Waals surface area contributed by atoms with Gasteiger partial charge in [-0.1, -0.05) is 30.3 Å². The van der Waals surface area contributed by atoms with Gasteiger partial charge in [0.2, 0.25) is 0 Å². The van der Waals surface area contributed by atoms with Gasteiger partial charge in [-0.05, 0) is 50.6 Å². The number of aryl methyl sites for hydroxylation is 1. The Morgan fingerprint density at radius 2 is 1.92 bits per heavy atom. The molecule has 1 saturated heterocycles. The molecule has 1 aromatic carbocycles. The summed E-state index contributed by atoms with van der Waals surface area (Å²) in [5.74, 6) is 1.08. The van der Waals surface area contributed by atoms with Gasteiger partial charge in [0.05, 0.1) is 10.7 Å². The number of hydrogen-bond acceptors (Lipinski definition) is 4. The van der Waals surface area contributed by atoms with Crippen LogP contribution in [-0.2, 0) is 6.42 Å². The Balaban J connectivity index is 1.34. The van der Waals surface area contributed by atoms with E-state index in [9.17, 15) is 4.79 Å². The molecule has 1 aromatic heterocycles. The van der Waals surface area contributed by atoms with E-state index in [2.05, 4.69) is 22.4 Å². The Kier molecular flexibility index (Phi) is 5.36. The predicted octanol–water partition coefficient (Wildman–Crippen LogP) is 3.65. The fraction of sp³-hybridized carbons (Fsp3) is 0.524. The maximum absolute atomic E-state index is 12.9. The van der Waals surface area contributed by atoms with Gasteiger partial charge in [-0.25, -0.2) is 4.98 Å². The lowest BCUT2D eigenvalue weighted by Gasteiger charge is -2.32. The van der Waals surface area contributed by atoms with Crippen molar-refractivity contribution in [3.05, 3.63) is 51.5 Å². The fourth-order valence-electron chi connectivity index (χ4n) is 3.58. The SMILES string of the molecule is Cc1nc(Cc2ccccc2)sc1C(=O)N1CCC(NCC2CC2)CC1. The summed E-state index contributed by atoms with van der Waals surface area (Å²) in [6.45, 7) is 4.83. The van der Waals surface area contributed by atoms with Crippen molar-refractivity contribution < 1.29 is 4.79 Å². The van der Waals surface area contributed by atoms with E-state index in [-0.39, 0.29) is 5.91 Å². The van der Waals surface area contributed by atoms with Gasteiger partial charge >= 0.3 is 0 Å². The van der Waals surface area contributed by atoms with Gasteiger partial charge in [0.1, 0.15) is 4.88 Å². The van der Waals surface area contributed by atoms with Gasteiger partial charge in [0.25, 0.3) is 5.91 Å². The molecule has 1 N–H and O–H groups in total. The third-order valence-electron chi connectivity index (χ3n) is 5.41. The largest absolute Gasteiger partial charge is 0.338 e. The van der Waals surface area contributed by atoms with E-state index in [0.717, 1.165) is 60.4 Å². The zero-order valence-corrected chi connectivity index (χ0v) is 16.2. The first-order valence-corrected chi connectivity index (χ1v) is 10.5. The zero-order valence-electron chi connectivity index (χ0n) is 15.4. The van der Waals surface area contributed by atoms with Crippen molar-refractivity contribution in [2.45, 2.75) is 45.1 Å². The topological polar surface area (TPSA) is 45.2 Å². The number of amides is 1.